The first-order chi connectivity index (χ1) is 12.1. The molecular formula is C20H25N3O2. The molecule has 0 saturated carbocycles. The van der Waals surface area contributed by atoms with Crippen LogP contribution >= 0.6 is 0 Å². The van der Waals surface area contributed by atoms with E-state index in [1.807, 2.05) is 31.2 Å². The molecular weight excluding hydrogens is 314 g/mol. The minimum Gasteiger partial charge on any atom is -0.492 e. The highest BCUT2D eigenvalue weighted by Gasteiger charge is 2.12. The molecule has 5 heteroatoms. The zero-order chi connectivity index (χ0) is 17.6. The van der Waals surface area contributed by atoms with Crippen molar-refractivity contribution in [2.45, 2.75) is 19.8 Å². The van der Waals surface area contributed by atoms with Crippen molar-refractivity contribution in [2.24, 2.45) is 0 Å². The number of benzene rings is 2. The number of likely N-dealkylation sites (tertiary alicyclic amines) is 1. The molecule has 1 amide bonds. The van der Waals surface area contributed by atoms with Gasteiger partial charge >= 0.3 is 0 Å². The summed E-state index contributed by atoms with van der Waals surface area (Å²) >= 11 is 0. The molecule has 0 aliphatic carbocycles. The van der Waals surface area contributed by atoms with Gasteiger partial charge in [-0.1, -0.05) is 12.1 Å². The summed E-state index contributed by atoms with van der Waals surface area (Å²) in [5, 5.41) is 2.89. The van der Waals surface area contributed by atoms with Gasteiger partial charge in [0, 0.05) is 17.9 Å². The maximum Gasteiger partial charge on any atom is 0.257 e. The number of hydrogen-bond donors (Lipinski definition) is 2. The van der Waals surface area contributed by atoms with Crippen molar-refractivity contribution in [1.82, 2.24) is 4.90 Å². The van der Waals surface area contributed by atoms with Gasteiger partial charge < -0.3 is 15.8 Å². The molecule has 25 heavy (non-hydrogen) atoms. The van der Waals surface area contributed by atoms with Gasteiger partial charge in [0.2, 0.25) is 0 Å². The summed E-state index contributed by atoms with van der Waals surface area (Å²) < 4.78 is 5.89. The molecule has 0 unspecified atom stereocenters. The summed E-state index contributed by atoms with van der Waals surface area (Å²) in [4.78, 5) is 14.7. The molecule has 3 N–H and O–H groups in total. The summed E-state index contributed by atoms with van der Waals surface area (Å²) in [7, 11) is 0. The number of nitrogen functional groups attached to an aromatic ring is 1. The minimum atomic E-state index is -0.208. The number of aryl methyl sites for hydroxylation is 1. The van der Waals surface area contributed by atoms with Gasteiger partial charge in [0.1, 0.15) is 12.4 Å². The average Bonchev–Trinajstić information content (AvgIpc) is 3.10. The van der Waals surface area contributed by atoms with Gasteiger partial charge in [0.15, 0.2) is 0 Å². The van der Waals surface area contributed by atoms with Crippen LogP contribution in [0, 0.1) is 6.92 Å². The third-order valence-electron chi connectivity index (χ3n) is 4.50. The number of hydrogen-bond acceptors (Lipinski definition) is 4. The number of anilines is 2. The van der Waals surface area contributed by atoms with E-state index < -0.39 is 0 Å². The first kappa shape index (κ1) is 17.3. The number of carbonyl (C=O) groups excluding carboxylic acids is 1. The Labute approximate surface area is 148 Å². The van der Waals surface area contributed by atoms with Crippen molar-refractivity contribution in [3.8, 4) is 5.75 Å². The zero-order valence-corrected chi connectivity index (χ0v) is 14.6. The minimum absolute atomic E-state index is 0.208. The number of ether oxygens (including phenoxy) is 1. The van der Waals surface area contributed by atoms with Crippen molar-refractivity contribution in [2.75, 3.05) is 37.3 Å². The Morgan fingerprint density at radius 1 is 1.20 bits per heavy atom. The van der Waals surface area contributed by atoms with E-state index in [-0.39, 0.29) is 5.91 Å². The Bertz CT molecular complexity index is 739. The molecule has 1 aliphatic heterocycles. The maximum absolute atomic E-state index is 12.3. The molecule has 0 atom stereocenters. The lowest BCUT2D eigenvalue weighted by Gasteiger charge is -2.16. The number of carbonyl (C=O) groups is 1. The lowest BCUT2D eigenvalue weighted by molar-refractivity contribution is 0.102. The number of nitrogens with zero attached hydrogens (tertiary/aromatic N) is 1. The summed E-state index contributed by atoms with van der Waals surface area (Å²) in [6.45, 7) is 5.99. The van der Waals surface area contributed by atoms with Crippen molar-refractivity contribution < 1.29 is 9.53 Å². The van der Waals surface area contributed by atoms with E-state index >= 15 is 0 Å². The van der Waals surface area contributed by atoms with E-state index in [4.69, 9.17) is 10.5 Å². The molecule has 0 spiro atoms. The SMILES string of the molecule is Cc1cc(NC(=O)c2ccccc2N)ccc1OCCN1CCCC1. The van der Waals surface area contributed by atoms with Crippen LogP contribution in [0.15, 0.2) is 42.5 Å². The van der Waals surface area contributed by atoms with Crippen LogP contribution in [0.3, 0.4) is 0 Å². The lowest BCUT2D eigenvalue weighted by Crippen LogP contribution is -2.25. The summed E-state index contributed by atoms with van der Waals surface area (Å²) in [5.74, 6) is 0.650. The Kier molecular flexibility index (Phi) is 5.56. The predicted molar refractivity (Wildman–Crippen MR) is 101 cm³/mol. The molecule has 1 aliphatic rings. The van der Waals surface area contributed by atoms with E-state index in [2.05, 4.69) is 10.2 Å². The highest BCUT2D eigenvalue weighted by molar-refractivity contribution is 6.07. The second-order valence-electron chi connectivity index (χ2n) is 6.42. The standard InChI is InChI=1S/C20H25N3O2/c1-15-14-16(22-20(24)17-6-2-3-7-18(17)21)8-9-19(15)25-13-12-23-10-4-5-11-23/h2-3,6-9,14H,4-5,10-13,21H2,1H3,(H,22,24). The summed E-state index contributed by atoms with van der Waals surface area (Å²) in [6, 6.07) is 12.7. The molecule has 5 nitrogen and oxygen atoms in total. The number of para-hydroxylation sites is 1. The highest BCUT2D eigenvalue weighted by Crippen LogP contribution is 2.23. The topological polar surface area (TPSA) is 67.6 Å². The first-order valence-corrected chi connectivity index (χ1v) is 8.75. The maximum atomic E-state index is 12.3. The van der Waals surface area contributed by atoms with Gasteiger partial charge in [-0.2, -0.15) is 0 Å². The molecule has 2 aromatic rings. The molecule has 1 saturated heterocycles. The van der Waals surface area contributed by atoms with E-state index in [1.165, 1.54) is 25.9 Å². The second-order valence-corrected chi connectivity index (χ2v) is 6.42. The number of rotatable bonds is 6. The number of amides is 1. The quantitative estimate of drug-likeness (QED) is 0.793. The monoisotopic (exact) mass is 339 g/mol. The fraction of sp³-hybridized carbons (Fsp3) is 0.350. The van der Waals surface area contributed by atoms with Crippen LogP contribution in [0.4, 0.5) is 11.4 Å². The Hall–Kier alpha value is -2.53. The van der Waals surface area contributed by atoms with E-state index in [9.17, 15) is 4.79 Å². The summed E-state index contributed by atoms with van der Waals surface area (Å²) in [5.41, 5.74) is 8.53. The van der Waals surface area contributed by atoms with Crippen LogP contribution < -0.4 is 15.8 Å². The van der Waals surface area contributed by atoms with Gasteiger partial charge in [-0.05, 0) is 68.8 Å². The average molecular weight is 339 g/mol. The van der Waals surface area contributed by atoms with E-state index in [0.29, 0.717) is 17.9 Å². The van der Waals surface area contributed by atoms with Crippen LogP contribution in [0.1, 0.15) is 28.8 Å². The van der Waals surface area contributed by atoms with Crippen LogP contribution in [-0.4, -0.2) is 37.0 Å². The Morgan fingerprint density at radius 3 is 2.68 bits per heavy atom. The summed E-state index contributed by atoms with van der Waals surface area (Å²) in [6.07, 6.45) is 2.58. The molecule has 1 fully saturated rings. The molecule has 3 rings (SSSR count). The molecule has 132 valence electrons. The fourth-order valence-electron chi connectivity index (χ4n) is 3.08. The van der Waals surface area contributed by atoms with Crippen LogP contribution in [0.25, 0.3) is 0 Å². The van der Waals surface area contributed by atoms with Gasteiger partial charge in [-0.3, -0.25) is 9.69 Å². The van der Waals surface area contributed by atoms with Crippen molar-refractivity contribution in [3.63, 3.8) is 0 Å². The molecule has 0 aromatic heterocycles. The first-order valence-electron chi connectivity index (χ1n) is 8.75. The fourth-order valence-corrected chi connectivity index (χ4v) is 3.08. The van der Waals surface area contributed by atoms with Gasteiger partial charge in [-0.15, -0.1) is 0 Å². The third kappa shape index (κ3) is 4.51. The molecule has 0 radical (unpaired) electrons. The molecule has 1 heterocycles. The van der Waals surface area contributed by atoms with Crippen molar-refractivity contribution in [3.05, 3.63) is 53.6 Å². The van der Waals surface area contributed by atoms with Crippen LogP contribution in [0.5, 0.6) is 5.75 Å². The zero-order valence-electron chi connectivity index (χ0n) is 14.6. The smallest absolute Gasteiger partial charge is 0.257 e. The van der Waals surface area contributed by atoms with Gasteiger partial charge in [0.25, 0.3) is 5.91 Å². The van der Waals surface area contributed by atoms with Crippen LogP contribution in [-0.2, 0) is 0 Å². The lowest BCUT2D eigenvalue weighted by atomic mass is 10.1. The molecule has 0 bridgehead atoms. The van der Waals surface area contributed by atoms with Gasteiger partial charge in [0.05, 0.1) is 5.56 Å². The second kappa shape index (κ2) is 8.03. The van der Waals surface area contributed by atoms with Gasteiger partial charge in [-0.25, -0.2) is 0 Å². The number of nitrogens with one attached hydrogen (secondary N) is 1. The highest BCUT2D eigenvalue weighted by atomic mass is 16.5. The molecule has 2 aromatic carbocycles. The Balaban J connectivity index is 1.57. The Morgan fingerprint density at radius 2 is 1.96 bits per heavy atom. The van der Waals surface area contributed by atoms with Crippen molar-refractivity contribution in [1.29, 1.82) is 0 Å². The van der Waals surface area contributed by atoms with E-state index in [1.54, 1.807) is 18.2 Å². The van der Waals surface area contributed by atoms with Crippen LogP contribution in [0.2, 0.25) is 0 Å². The third-order valence-corrected chi connectivity index (χ3v) is 4.50. The largest absolute Gasteiger partial charge is 0.492 e. The number of nitrogens with two attached hydrogens (primary N) is 1. The van der Waals surface area contributed by atoms with E-state index in [0.717, 1.165) is 23.5 Å². The normalized spacial score (nSPS) is 14.4. The predicted octanol–water partition coefficient (Wildman–Crippen LogP) is 3.30. The van der Waals surface area contributed by atoms with Crippen molar-refractivity contribution >= 4 is 17.3 Å².